The SMILES string of the molecule is CCC(C)n1nnnc1-c1cc(OC)c(OC)cc1N. The van der Waals surface area contributed by atoms with Crippen molar-refractivity contribution in [2.75, 3.05) is 20.0 Å². The molecule has 0 aliphatic rings. The van der Waals surface area contributed by atoms with Crippen LogP contribution in [0.1, 0.15) is 26.3 Å². The summed E-state index contributed by atoms with van der Waals surface area (Å²) in [7, 11) is 3.15. The number of hydrogen-bond donors (Lipinski definition) is 1. The molecular formula is C13H19N5O2. The summed E-state index contributed by atoms with van der Waals surface area (Å²) < 4.78 is 12.3. The number of nitrogens with two attached hydrogens (primary N) is 1. The highest BCUT2D eigenvalue weighted by Crippen LogP contribution is 2.36. The number of nitrogen functional groups attached to an aromatic ring is 1. The Bertz CT molecular complexity index is 596. The second-order valence-corrected chi connectivity index (χ2v) is 4.50. The molecule has 7 heteroatoms. The first-order chi connectivity index (χ1) is 9.62. The Morgan fingerprint density at radius 2 is 1.90 bits per heavy atom. The minimum Gasteiger partial charge on any atom is -0.493 e. The number of anilines is 1. The van der Waals surface area contributed by atoms with Gasteiger partial charge in [-0.05, 0) is 29.8 Å². The average molecular weight is 277 g/mol. The Hall–Kier alpha value is -2.31. The Morgan fingerprint density at radius 3 is 2.50 bits per heavy atom. The van der Waals surface area contributed by atoms with Gasteiger partial charge in [0.1, 0.15) is 0 Å². The van der Waals surface area contributed by atoms with Crippen LogP contribution in [0.25, 0.3) is 11.4 Å². The summed E-state index contributed by atoms with van der Waals surface area (Å²) in [5.41, 5.74) is 7.35. The molecule has 0 spiro atoms. The van der Waals surface area contributed by atoms with Gasteiger partial charge >= 0.3 is 0 Å². The van der Waals surface area contributed by atoms with Gasteiger partial charge < -0.3 is 15.2 Å². The van der Waals surface area contributed by atoms with Gasteiger partial charge in [0.05, 0.1) is 20.3 Å². The highest BCUT2D eigenvalue weighted by molar-refractivity contribution is 5.75. The molecule has 0 bridgehead atoms. The Kier molecular flexibility index (Phi) is 4.07. The van der Waals surface area contributed by atoms with Crippen LogP contribution in [-0.4, -0.2) is 34.4 Å². The smallest absolute Gasteiger partial charge is 0.184 e. The molecule has 0 aliphatic carbocycles. The number of aromatic nitrogens is 4. The largest absolute Gasteiger partial charge is 0.493 e. The Labute approximate surface area is 117 Å². The summed E-state index contributed by atoms with van der Waals surface area (Å²) in [6, 6.07) is 3.69. The van der Waals surface area contributed by atoms with Crippen molar-refractivity contribution in [1.29, 1.82) is 0 Å². The van der Waals surface area contributed by atoms with Crippen LogP contribution >= 0.6 is 0 Å². The number of rotatable bonds is 5. The minimum absolute atomic E-state index is 0.187. The van der Waals surface area contributed by atoms with Gasteiger partial charge in [-0.25, -0.2) is 4.68 Å². The Morgan fingerprint density at radius 1 is 1.25 bits per heavy atom. The number of benzene rings is 1. The zero-order valence-electron chi connectivity index (χ0n) is 12.1. The molecule has 1 aromatic heterocycles. The van der Waals surface area contributed by atoms with Crippen molar-refractivity contribution in [2.24, 2.45) is 0 Å². The van der Waals surface area contributed by atoms with Crippen molar-refractivity contribution in [2.45, 2.75) is 26.3 Å². The Balaban J connectivity index is 2.56. The van der Waals surface area contributed by atoms with E-state index in [-0.39, 0.29) is 6.04 Å². The predicted molar refractivity (Wildman–Crippen MR) is 75.8 cm³/mol. The lowest BCUT2D eigenvalue weighted by molar-refractivity contribution is 0.355. The van der Waals surface area contributed by atoms with E-state index >= 15 is 0 Å². The lowest BCUT2D eigenvalue weighted by atomic mass is 10.1. The molecule has 108 valence electrons. The molecule has 0 fully saturated rings. The van der Waals surface area contributed by atoms with Crippen LogP contribution in [-0.2, 0) is 0 Å². The van der Waals surface area contributed by atoms with Crippen LogP contribution in [0.5, 0.6) is 11.5 Å². The second-order valence-electron chi connectivity index (χ2n) is 4.50. The van der Waals surface area contributed by atoms with Crippen LogP contribution in [0.15, 0.2) is 12.1 Å². The second kappa shape index (κ2) is 5.77. The standard InChI is InChI=1S/C13H19N5O2/c1-5-8(2)18-13(15-16-17-18)9-6-11(19-3)12(20-4)7-10(9)14/h6-8H,5,14H2,1-4H3. The average Bonchev–Trinajstić information content (AvgIpc) is 2.95. The number of tetrazole rings is 1. The number of ether oxygens (including phenoxy) is 2. The van der Waals surface area contributed by atoms with E-state index in [1.165, 1.54) is 0 Å². The molecule has 0 radical (unpaired) electrons. The van der Waals surface area contributed by atoms with Crippen molar-refractivity contribution in [3.05, 3.63) is 12.1 Å². The third-order valence-corrected chi connectivity index (χ3v) is 3.30. The van der Waals surface area contributed by atoms with Crippen molar-refractivity contribution < 1.29 is 9.47 Å². The highest BCUT2D eigenvalue weighted by atomic mass is 16.5. The van der Waals surface area contributed by atoms with Crippen LogP contribution in [0, 0.1) is 0 Å². The molecule has 2 aromatic rings. The molecular weight excluding hydrogens is 258 g/mol. The fourth-order valence-corrected chi connectivity index (χ4v) is 1.93. The zero-order chi connectivity index (χ0) is 14.7. The van der Waals surface area contributed by atoms with Gasteiger partial charge in [-0.1, -0.05) is 6.92 Å². The lowest BCUT2D eigenvalue weighted by Crippen LogP contribution is -2.09. The summed E-state index contributed by atoms with van der Waals surface area (Å²) in [6.45, 7) is 4.13. The minimum atomic E-state index is 0.187. The topological polar surface area (TPSA) is 88.1 Å². The fraction of sp³-hybridized carbons (Fsp3) is 0.462. The normalized spacial score (nSPS) is 12.2. The maximum atomic E-state index is 6.08. The maximum Gasteiger partial charge on any atom is 0.184 e. The molecule has 20 heavy (non-hydrogen) atoms. The van der Waals surface area contributed by atoms with Crippen molar-refractivity contribution in [3.63, 3.8) is 0 Å². The van der Waals surface area contributed by atoms with E-state index in [2.05, 4.69) is 29.4 Å². The van der Waals surface area contributed by atoms with Gasteiger partial charge in [-0.3, -0.25) is 0 Å². The van der Waals surface area contributed by atoms with Gasteiger partial charge in [0.25, 0.3) is 0 Å². The maximum absolute atomic E-state index is 6.08. The van der Waals surface area contributed by atoms with E-state index in [1.54, 1.807) is 31.0 Å². The highest BCUT2D eigenvalue weighted by Gasteiger charge is 2.18. The van der Waals surface area contributed by atoms with Crippen LogP contribution in [0.2, 0.25) is 0 Å². The first-order valence-corrected chi connectivity index (χ1v) is 6.42. The third-order valence-electron chi connectivity index (χ3n) is 3.30. The molecule has 1 atom stereocenters. The van der Waals surface area contributed by atoms with E-state index in [4.69, 9.17) is 15.2 Å². The molecule has 0 aliphatic heterocycles. The molecule has 0 amide bonds. The zero-order valence-corrected chi connectivity index (χ0v) is 12.1. The number of nitrogens with zero attached hydrogens (tertiary/aromatic N) is 4. The van der Waals surface area contributed by atoms with Gasteiger partial charge in [0, 0.05) is 17.3 Å². The molecule has 1 aromatic carbocycles. The van der Waals surface area contributed by atoms with Crippen molar-refractivity contribution >= 4 is 5.69 Å². The predicted octanol–water partition coefficient (Wildman–Crippen LogP) is 1.91. The molecule has 0 saturated carbocycles. The van der Waals surface area contributed by atoms with Crippen LogP contribution in [0.4, 0.5) is 5.69 Å². The van der Waals surface area contributed by atoms with E-state index in [9.17, 15) is 0 Å². The number of hydrogen-bond acceptors (Lipinski definition) is 6. The molecule has 1 unspecified atom stereocenters. The molecule has 1 heterocycles. The van der Waals surface area contributed by atoms with E-state index in [0.717, 1.165) is 12.0 Å². The van der Waals surface area contributed by atoms with Crippen molar-refractivity contribution in [1.82, 2.24) is 20.2 Å². The summed E-state index contributed by atoms with van der Waals surface area (Å²) in [4.78, 5) is 0. The summed E-state index contributed by atoms with van der Waals surface area (Å²) in [5, 5.41) is 11.8. The molecule has 7 nitrogen and oxygen atoms in total. The van der Waals surface area contributed by atoms with Crippen LogP contribution in [0.3, 0.4) is 0 Å². The fourth-order valence-electron chi connectivity index (χ4n) is 1.93. The lowest BCUT2D eigenvalue weighted by Gasteiger charge is -2.14. The monoisotopic (exact) mass is 277 g/mol. The first-order valence-electron chi connectivity index (χ1n) is 6.42. The number of methoxy groups -OCH3 is 2. The van der Waals surface area contributed by atoms with Gasteiger partial charge in [0.2, 0.25) is 0 Å². The summed E-state index contributed by atoms with van der Waals surface area (Å²) in [6.07, 6.45) is 0.922. The summed E-state index contributed by atoms with van der Waals surface area (Å²) in [5.74, 6) is 1.80. The van der Waals surface area contributed by atoms with E-state index < -0.39 is 0 Å². The van der Waals surface area contributed by atoms with Gasteiger partial charge in [-0.2, -0.15) is 0 Å². The quantitative estimate of drug-likeness (QED) is 0.840. The molecule has 2 N–H and O–H groups in total. The van der Waals surface area contributed by atoms with Gasteiger partial charge in [-0.15, -0.1) is 5.10 Å². The van der Waals surface area contributed by atoms with Gasteiger partial charge in [0.15, 0.2) is 17.3 Å². The van der Waals surface area contributed by atoms with Crippen LogP contribution < -0.4 is 15.2 Å². The first kappa shape index (κ1) is 14.1. The summed E-state index contributed by atoms with van der Waals surface area (Å²) >= 11 is 0. The van der Waals surface area contributed by atoms with E-state index in [1.807, 2.05) is 0 Å². The molecule has 0 saturated heterocycles. The third kappa shape index (κ3) is 2.38. The van der Waals surface area contributed by atoms with E-state index in [0.29, 0.717) is 23.0 Å². The molecule has 2 rings (SSSR count). The van der Waals surface area contributed by atoms with Crippen molar-refractivity contribution in [3.8, 4) is 22.9 Å².